The minimum absolute atomic E-state index is 0.0418. The Kier molecular flexibility index (Phi) is 4.50. The average molecular weight is 336 g/mol. The number of urea groups is 1. The van der Waals surface area contributed by atoms with Crippen LogP contribution >= 0.6 is 11.6 Å². The number of nitrogens with zero attached hydrogens (tertiary/aromatic N) is 1. The summed E-state index contributed by atoms with van der Waals surface area (Å²) in [4.78, 5) is 24.8. The highest BCUT2D eigenvalue weighted by atomic mass is 35.5. The smallest absolute Gasteiger partial charge is 0.353 e. The van der Waals surface area contributed by atoms with Gasteiger partial charge < -0.3 is 15.5 Å². The number of alkyl halides is 3. The number of piperazine rings is 1. The highest BCUT2D eigenvalue weighted by molar-refractivity contribution is 6.31. The number of hydrogen-bond donors (Lipinski definition) is 2. The quantitative estimate of drug-likeness (QED) is 0.829. The lowest BCUT2D eigenvalue weighted by molar-refractivity contribution is -0.137. The van der Waals surface area contributed by atoms with E-state index in [4.69, 9.17) is 11.6 Å². The number of rotatable bonds is 1. The first kappa shape index (κ1) is 16.4. The van der Waals surface area contributed by atoms with Gasteiger partial charge in [-0.25, -0.2) is 4.79 Å². The SMILES string of the molecule is CC1C(=O)NCCN1C(=O)Nc1ccc(Cl)c(C(F)(F)F)c1. The van der Waals surface area contributed by atoms with Crippen LogP contribution in [0.5, 0.6) is 0 Å². The van der Waals surface area contributed by atoms with Crippen molar-refractivity contribution in [2.75, 3.05) is 18.4 Å². The zero-order valence-corrected chi connectivity index (χ0v) is 12.3. The molecule has 0 bridgehead atoms. The van der Waals surface area contributed by atoms with Gasteiger partial charge in [-0.3, -0.25) is 4.79 Å². The molecule has 22 heavy (non-hydrogen) atoms. The first-order chi connectivity index (χ1) is 10.2. The van der Waals surface area contributed by atoms with Crippen molar-refractivity contribution in [1.82, 2.24) is 10.2 Å². The molecule has 1 aromatic carbocycles. The fourth-order valence-electron chi connectivity index (χ4n) is 2.08. The number of benzene rings is 1. The van der Waals surface area contributed by atoms with Gasteiger partial charge >= 0.3 is 12.2 Å². The second kappa shape index (κ2) is 6.04. The number of halogens is 4. The third-order valence-electron chi connectivity index (χ3n) is 3.28. The molecule has 0 radical (unpaired) electrons. The average Bonchev–Trinajstić information content (AvgIpc) is 2.42. The molecule has 1 aromatic rings. The molecule has 3 amide bonds. The van der Waals surface area contributed by atoms with Crippen LogP contribution in [0.15, 0.2) is 18.2 Å². The summed E-state index contributed by atoms with van der Waals surface area (Å²) in [5.41, 5.74) is -1.07. The van der Waals surface area contributed by atoms with E-state index in [2.05, 4.69) is 10.6 Å². The molecular formula is C13H13ClF3N3O2. The maximum Gasteiger partial charge on any atom is 0.417 e. The predicted molar refractivity (Wildman–Crippen MR) is 74.7 cm³/mol. The molecule has 1 unspecified atom stereocenters. The highest BCUT2D eigenvalue weighted by Gasteiger charge is 2.34. The Hall–Kier alpha value is -1.96. The van der Waals surface area contributed by atoms with Crippen molar-refractivity contribution in [2.24, 2.45) is 0 Å². The summed E-state index contributed by atoms with van der Waals surface area (Å²) >= 11 is 5.51. The third-order valence-corrected chi connectivity index (χ3v) is 3.61. The fraction of sp³-hybridized carbons (Fsp3) is 0.385. The Bertz CT molecular complexity index is 607. The molecule has 2 rings (SSSR count). The van der Waals surface area contributed by atoms with E-state index >= 15 is 0 Å². The topological polar surface area (TPSA) is 61.4 Å². The van der Waals surface area contributed by atoms with E-state index in [-0.39, 0.29) is 18.1 Å². The Labute approximate surface area is 129 Å². The van der Waals surface area contributed by atoms with Crippen LogP contribution in [0.4, 0.5) is 23.7 Å². The van der Waals surface area contributed by atoms with E-state index < -0.39 is 28.8 Å². The number of hydrogen-bond acceptors (Lipinski definition) is 2. The molecule has 1 heterocycles. The van der Waals surface area contributed by atoms with Crippen molar-refractivity contribution in [3.05, 3.63) is 28.8 Å². The van der Waals surface area contributed by atoms with Crippen molar-refractivity contribution in [3.8, 4) is 0 Å². The van der Waals surface area contributed by atoms with Gasteiger partial charge in [0.2, 0.25) is 5.91 Å². The van der Waals surface area contributed by atoms with Crippen LogP contribution in [-0.2, 0) is 11.0 Å². The molecule has 1 aliphatic rings. The van der Waals surface area contributed by atoms with Gasteiger partial charge in [-0.05, 0) is 25.1 Å². The molecule has 0 spiro atoms. The van der Waals surface area contributed by atoms with Crippen molar-refractivity contribution in [1.29, 1.82) is 0 Å². The molecule has 0 aliphatic carbocycles. The summed E-state index contributed by atoms with van der Waals surface area (Å²) in [6.45, 7) is 2.11. The Balaban J connectivity index is 2.17. The second-order valence-electron chi connectivity index (χ2n) is 4.78. The summed E-state index contributed by atoms with van der Waals surface area (Å²) in [7, 11) is 0. The molecule has 120 valence electrons. The molecule has 5 nitrogen and oxygen atoms in total. The lowest BCUT2D eigenvalue weighted by atomic mass is 10.2. The largest absolute Gasteiger partial charge is 0.417 e. The summed E-state index contributed by atoms with van der Waals surface area (Å²) in [6, 6.07) is 1.76. The molecule has 9 heteroatoms. The van der Waals surface area contributed by atoms with Crippen LogP contribution in [0, 0.1) is 0 Å². The normalized spacial score (nSPS) is 18.9. The van der Waals surface area contributed by atoms with Gasteiger partial charge in [-0.1, -0.05) is 11.6 Å². The zero-order valence-electron chi connectivity index (χ0n) is 11.5. The van der Waals surface area contributed by atoms with Crippen molar-refractivity contribution in [3.63, 3.8) is 0 Å². The van der Waals surface area contributed by atoms with Crippen LogP contribution in [0.2, 0.25) is 5.02 Å². The minimum Gasteiger partial charge on any atom is -0.353 e. The van der Waals surface area contributed by atoms with Gasteiger partial charge in [0.05, 0.1) is 10.6 Å². The van der Waals surface area contributed by atoms with Crippen LogP contribution in [-0.4, -0.2) is 36.0 Å². The first-order valence-electron chi connectivity index (χ1n) is 6.42. The monoisotopic (exact) mass is 335 g/mol. The second-order valence-corrected chi connectivity index (χ2v) is 5.19. The summed E-state index contributed by atoms with van der Waals surface area (Å²) in [5, 5.41) is 4.49. The number of amides is 3. The number of carbonyl (C=O) groups is 2. The Morgan fingerprint density at radius 1 is 1.45 bits per heavy atom. The Morgan fingerprint density at radius 3 is 2.77 bits per heavy atom. The predicted octanol–water partition coefficient (Wildman–Crippen LogP) is 2.71. The highest BCUT2D eigenvalue weighted by Crippen LogP contribution is 2.36. The van der Waals surface area contributed by atoms with Crippen molar-refractivity contribution in [2.45, 2.75) is 19.1 Å². The van der Waals surface area contributed by atoms with Gasteiger partial charge in [-0.2, -0.15) is 13.2 Å². The van der Waals surface area contributed by atoms with Crippen LogP contribution < -0.4 is 10.6 Å². The molecular weight excluding hydrogens is 323 g/mol. The lowest BCUT2D eigenvalue weighted by Crippen LogP contribution is -2.56. The minimum atomic E-state index is -4.61. The Morgan fingerprint density at radius 2 is 2.14 bits per heavy atom. The van der Waals surface area contributed by atoms with E-state index in [9.17, 15) is 22.8 Å². The first-order valence-corrected chi connectivity index (χ1v) is 6.80. The van der Waals surface area contributed by atoms with Crippen LogP contribution in [0.1, 0.15) is 12.5 Å². The van der Waals surface area contributed by atoms with Crippen molar-refractivity contribution < 1.29 is 22.8 Å². The van der Waals surface area contributed by atoms with Gasteiger partial charge in [0, 0.05) is 18.8 Å². The molecule has 2 N–H and O–H groups in total. The molecule has 1 atom stereocenters. The molecule has 1 aliphatic heterocycles. The van der Waals surface area contributed by atoms with E-state index in [0.29, 0.717) is 6.54 Å². The molecule has 0 saturated carbocycles. The molecule has 1 saturated heterocycles. The third kappa shape index (κ3) is 3.44. The van der Waals surface area contributed by atoms with Gasteiger partial charge in [0.25, 0.3) is 0 Å². The van der Waals surface area contributed by atoms with Crippen LogP contribution in [0.3, 0.4) is 0 Å². The van der Waals surface area contributed by atoms with Gasteiger partial charge in [0.15, 0.2) is 0 Å². The summed E-state index contributed by atoms with van der Waals surface area (Å²) in [5.74, 6) is -0.312. The molecule has 0 aromatic heterocycles. The van der Waals surface area contributed by atoms with E-state index in [0.717, 1.165) is 12.1 Å². The number of carbonyl (C=O) groups excluding carboxylic acids is 2. The number of anilines is 1. The van der Waals surface area contributed by atoms with E-state index in [1.54, 1.807) is 0 Å². The zero-order chi connectivity index (χ0) is 16.5. The van der Waals surface area contributed by atoms with E-state index in [1.807, 2.05) is 0 Å². The van der Waals surface area contributed by atoms with Gasteiger partial charge in [0.1, 0.15) is 6.04 Å². The fourth-order valence-corrected chi connectivity index (χ4v) is 2.30. The maximum atomic E-state index is 12.8. The number of nitrogens with one attached hydrogen (secondary N) is 2. The van der Waals surface area contributed by atoms with Crippen molar-refractivity contribution >= 4 is 29.2 Å². The van der Waals surface area contributed by atoms with Crippen LogP contribution in [0.25, 0.3) is 0 Å². The summed E-state index contributed by atoms with van der Waals surface area (Å²) < 4.78 is 38.3. The standard InChI is InChI=1S/C13H13ClF3N3O2/c1-7-11(21)18-4-5-20(7)12(22)19-8-2-3-10(14)9(6-8)13(15,16)17/h2-3,6-7H,4-5H2,1H3,(H,18,21)(H,19,22). The lowest BCUT2D eigenvalue weighted by Gasteiger charge is -2.32. The molecule has 1 fully saturated rings. The van der Waals surface area contributed by atoms with Gasteiger partial charge in [-0.15, -0.1) is 0 Å². The maximum absolute atomic E-state index is 12.8. The summed E-state index contributed by atoms with van der Waals surface area (Å²) in [6.07, 6.45) is -4.61. The van der Waals surface area contributed by atoms with E-state index in [1.165, 1.54) is 17.9 Å².